The number of carbonyl (C=O) groups excluding carboxylic acids is 1. The lowest BCUT2D eigenvalue weighted by atomic mass is 9.95. The average Bonchev–Trinajstić information content (AvgIpc) is 2.55. The molecule has 2 rings (SSSR count). The highest BCUT2D eigenvalue weighted by Gasteiger charge is 2.25. The van der Waals surface area contributed by atoms with Crippen LogP contribution < -0.4 is 4.74 Å². The molecule has 5 nitrogen and oxygen atoms in total. The Bertz CT molecular complexity index is 526. The van der Waals surface area contributed by atoms with Gasteiger partial charge in [-0.05, 0) is 50.2 Å². The van der Waals surface area contributed by atoms with Crippen molar-refractivity contribution in [2.45, 2.75) is 12.8 Å². The molecule has 0 aromatic heterocycles. The Labute approximate surface area is 132 Å². The summed E-state index contributed by atoms with van der Waals surface area (Å²) < 4.78 is 5.69. The van der Waals surface area contributed by atoms with Crippen molar-refractivity contribution in [3.8, 4) is 11.8 Å². The zero-order valence-electron chi connectivity index (χ0n) is 13.3. The SMILES string of the molecule is CN(C)C(=O)C1CCN(CCOc2ccc(C#N)cc2)CC1. The van der Waals surface area contributed by atoms with Crippen LogP contribution in [0.4, 0.5) is 0 Å². The van der Waals surface area contributed by atoms with Crippen molar-refractivity contribution in [2.24, 2.45) is 5.92 Å². The fourth-order valence-corrected chi connectivity index (χ4v) is 2.69. The van der Waals surface area contributed by atoms with E-state index in [1.54, 1.807) is 17.0 Å². The number of nitriles is 1. The molecule has 0 bridgehead atoms. The van der Waals surface area contributed by atoms with Crippen LogP contribution in [0.25, 0.3) is 0 Å². The van der Waals surface area contributed by atoms with E-state index in [9.17, 15) is 4.79 Å². The Hall–Kier alpha value is -2.06. The smallest absolute Gasteiger partial charge is 0.225 e. The first-order valence-electron chi connectivity index (χ1n) is 7.66. The lowest BCUT2D eigenvalue weighted by Crippen LogP contribution is -2.41. The van der Waals surface area contributed by atoms with Crippen LogP contribution in [0.5, 0.6) is 5.75 Å². The van der Waals surface area contributed by atoms with Gasteiger partial charge >= 0.3 is 0 Å². The molecule has 1 aromatic carbocycles. The number of hydrogen-bond donors (Lipinski definition) is 0. The van der Waals surface area contributed by atoms with Crippen molar-refractivity contribution in [3.05, 3.63) is 29.8 Å². The molecule has 1 heterocycles. The van der Waals surface area contributed by atoms with Crippen LogP contribution in [-0.2, 0) is 4.79 Å². The predicted molar refractivity (Wildman–Crippen MR) is 84.5 cm³/mol. The number of hydrogen-bond acceptors (Lipinski definition) is 4. The van der Waals surface area contributed by atoms with Crippen molar-refractivity contribution < 1.29 is 9.53 Å². The maximum absolute atomic E-state index is 11.9. The third-order valence-electron chi connectivity index (χ3n) is 4.04. The average molecular weight is 301 g/mol. The van der Waals surface area contributed by atoms with Crippen molar-refractivity contribution in [2.75, 3.05) is 40.3 Å². The van der Waals surface area contributed by atoms with Crippen LogP contribution in [0.15, 0.2) is 24.3 Å². The number of ether oxygens (including phenoxy) is 1. The van der Waals surface area contributed by atoms with E-state index in [1.165, 1.54) is 0 Å². The summed E-state index contributed by atoms with van der Waals surface area (Å²) in [5, 5.41) is 8.74. The lowest BCUT2D eigenvalue weighted by molar-refractivity contribution is -0.134. The topological polar surface area (TPSA) is 56.6 Å². The van der Waals surface area contributed by atoms with Crippen molar-refractivity contribution in [1.82, 2.24) is 9.80 Å². The zero-order chi connectivity index (χ0) is 15.9. The molecule has 0 aliphatic carbocycles. The summed E-state index contributed by atoms with van der Waals surface area (Å²) >= 11 is 0. The molecule has 1 aliphatic rings. The monoisotopic (exact) mass is 301 g/mol. The fourth-order valence-electron chi connectivity index (χ4n) is 2.69. The minimum Gasteiger partial charge on any atom is -0.492 e. The zero-order valence-corrected chi connectivity index (χ0v) is 13.3. The minimum atomic E-state index is 0.172. The number of carbonyl (C=O) groups is 1. The number of rotatable bonds is 5. The van der Waals surface area contributed by atoms with Gasteiger partial charge in [0, 0.05) is 26.6 Å². The Morgan fingerprint density at radius 3 is 2.50 bits per heavy atom. The molecular formula is C17H23N3O2. The van der Waals surface area contributed by atoms with Gasteiger partial charge < -0.3 is 9.64 Å². The second-order valence-electron chi connectivity index (χ2n) is 5.83. The highest BCUT2D eigenvalue weighted by Crippen LogP contribution is 2.19. The van der Waals surface area contributed by atoms with Gasteiger partial charge in [0.2, 0.25) is 5.91 Å². The largest absolute Gasteiger partial charge is 0.492 e. The molecular weight excluding hydrogens is 278 g/mol. The van der Waals surface area contributed by atoms with Crippen molar-refractivity contribution in [1.29, 1.82) is 5.26 Å². The van der Waals surface area contributed by atoms with Crippen molar-refractivity contribution >= 4 is 5.91 Å². The molecule has 0 unspecified atom stereocenters. The molecule has 0 spiro atoms. The Kier molecular flexibility index (Phi) is 5.79. The Morgan fingerprint density at radius 1 is 1.32 bits per heavy atom. The second-order valence-corrected chi connectivity index (χ2v) is 5.83. The van der Waals surface area contributed by atoms with E-state index < -0.39 is 0 Å². The number of benzene rings is 1. The van der Waals surface area contributed by atoms with Gasteiger partial charge in [0.05, 0.1) is 11.6 Å². The third-order valence-corrected chi connectivity index (χ3v) is 4.04. The molecule has 118 valence electrons. The van der Waals surface area contributed by atoms with Crippen LogP contribution in [0.3, 0.4) is 0 Å². The van der Waals surface area contributed by atoms with Gasteiger partial charge in [-0.1, -0.05) is 0 Å². The Morgan fingerprint density at radius 2 is 1.95 bits per heavy atom. The molecule has 1 amide bonds. The van der Waals surface area contributed by atoms with Gasteiger partial charge in [-0.15, -0.1) is 0 Å². The predicted octanol–water partition coefficient (Wildman–Crippen LogP) is 1.74. The molecule has 0 saturated carbocycles. The number of amides is 1. The standard InChI is InChI=1S/C17H23N3O2/c1-19(2)17(21)15-7-9-20(10-8-15)11-12-22-16-5-3-14(13-18)4-6-16/h3-6,15H,7-12H2,1-2H3. The number of nitrogens with zero attached hydrogens (tertiary/aromatic N) is 3. The van der Waals surface area contributed by atoms with E-state index in [4.69, 9.17) is 10.00 Å². The highest BCUT2D eigenvalue weighted by atomic mass is 16.5. The van der Waals surface area contributed by atoms with E-state index in [-0.39, 0.29) is 11.8 Å². The van der Waals surface area contributed by atoms with Crippen LogP contribution in [0.2, 0.25) is 0 Å². The van der Waals surface area contributed by atoms with Crippen LogP contribution >= 0.6 is 0 Å². The first kappa shape index (κ1) is 16.3. The summed E-state index contributed by atoms with van der Waals surface area (Å²) in [5.41, 5.74) is 0.639. The molecule has 0 atom stereocenters. The molecule has 1 saturated heterocycles. The molecule has 1 aromatic rings. The molecule has 22 heavy (non-hydrogen) atoms. The first-order chi connectivity index (χ1) is 10.6. The van der Waals surface area contributed by atoms with Crippen molar-refractivity contribution in [3.63, 3.8) is 0 Å². The second kappa shape index (κ2) is 7.81. The van der Waals surface area contributed by atoms with Gasteiger partial charge in [-0.25, -0.2) is 0 Å². The van der Waals surface area contributed by atoms with Gasteiger partial charge in [0.25, 0.3) is 0 Å². The maximum atomic E-state index is 11.9. The van der Waals surface area contributed by atoms with Crippen LogP contribution in [0.1, 0.15) is 18.4 Å². The van der Waals surface area contributed by atoms with Gasteiger partial charge in [-0.3, -0.25) is 9.69 Å². The van der Waals surface area contributed by atoms with Crippen LogP contribution in [0, 0.1) is 17.2 Å². The number of piperidine rings is 1. The van der Waals surface area contributed by atoms with Gasteiger partial charge in [-0.2, -0.15) is 5.26 Å². The summed E-state index contributed by atoms with van der Waals surface area (Å²) in [7, 11) is 3.64. The van der Waals surface area contributed by atoms with Gasteiger partial charge in [0.1, 0.15) is 12.4 Å². The molecule has 0 radical (unpaired) electrons. The molecule has 1 fully saturated rings. The third kappa shape index (κ3) is 4.47. The summed E-state index contributed by atoms with van der Waals surface area (Å²) in [6.45, 7) is 3.38. The summed E-state index contributed by atoms with van der Waals surface area (Å²) in [6.07, 6.45) is 1.85. The first-order valence-corrected chi connectivity index (χ1v) is 7.66. The van der Waals surface area contributed by atoms with Crippen LogP contribution in [-0.4, -0.2) is 56.0 Å². The van der Waals surface area contributed by atoms with E-state index >= 15 is 0 Å². The van der Waals surface area contributed by atoms with E-state index in [0.29, 0.717) is 12.2 Å². The summed E-state index contributed by atoms with van der Waals surface area (Å²) in [4.78, 5) is 15.9. The minimum absolute atomic E-state index is 0.172. The lowest BCUT2D eigenvalue weighted by Gasteiger charge is -2.32. The fraction of sp³-hybridized carbons (Fsp3) is 0.529. The summed E-state index contributed by atoms with van der Waals surface area (Å²) in [6, 6.07) is 9.24. The number of likely N-dealkylation sites (tertiary alicyclic amines) is 1. The van der Waals surface area contributed by atoms with E-state index in [1.807, 2.05) is 26.2 Å². The normalized spacial score (nSPS) is 16.0. The molecule has 1 aliphatic heterocycles. The molecule has 5 heteroatoms. The summed E-state index contributed by atoms with van der Waals surface area (Å²) in [5.74, 6) is 1.20. The quantitative estimate of drug-likeness (QED) is 0.831. The van der Waals surface area contributed by atoms with E-state index in [2.05, 4.69) is 11.0 Å². The molecule has 0 N–H and O–H groups in total. The maximum Gasteiger partial charge on any atom is 0.225 e. The Balaban J connectivity index is 1.68. The van der Waals surface area contributed by atoms with E-state index in [0.717, 1.165) is 38.2 Å². The highest BCUT2D eigenvalue weighted by molar-refractivity contribution is 5.78. The van der Waals surface area contributed by atoms with Gasteiger partial charge in [0.15, 0.2) is 0 Å².